The third-order valence-electron chi connectivity index (χ3n) is 4.53. The lowest BCUT2D eigenvalue weighted by molar-refractivity contribution is 0.102. The number of nitrogens with one attached hydrogen (secondary N) is 1. The Labute approximate surface area is 184 Å². The number of rotatable bonds is 5. The monoisotopic (exact) mass is 448 g/mol. The largest absolute Gasteiger partial charge is 0.375 e. The second-order valence-electron chi connectivity index (χ2n) is 6.86. The molecule has 3 aromatic heterocycles. The summed E-state index contributed by atoms with van der Waals surface area (Å²) in [5.74, 6) is 1.00. The predicted octanol–water partition coefficient (Wildman–Crippen LogP) is 4.75. The summed E-state index contributed by atoms with van der Waals surface area (Å²) in [7, 11) is 0. The van der Waals surface area contributed by atoms with Gasteiger partial charge in [0.05, 0.1) is 15.9 Å². The maximum absolute atomic E-state index is 12.4. The van der Waals surface area contributed by atoms with Crippen molar-refractivity contribution < 1.29 is 9.32 Å². The van der Waals surface area contributed by atoms with Crippen molar-refractivity contribution in [3.63, 3.8) is 0 Å². The summed E-state index contributed by atoms with van der Waals surface area (Å²) in [6.07, 6.45) is 0. The molecule has 0 radical (unpaired) electrons. The summed E-state index contributed by atoms with van der Waals surface area (Å²) in [6, 6.07) is 18.0. The van der Waals surface area contributed by atoms with E-state index in [-0.39, 0.29) is 11.5 Å². The minimum atomic E-state index is -0.239. The van der Waals surface area contributed by atoms with Gasteiger partial charge in [-0.3, -0.25) is 9.59 Å². The maximum Gasteiger partial charge on any atom is 0.287 e. The second kappa shape index (κ2) is 8.01. The molecule has 5 aromatic rings. The fraction of sp³-hybridized carbons (Fsp3) is 0.0909. The van der Waals surface area contributed by atoms with E-state index < -0.39 is 0 Å². The molecule has 0 saturated carbocycles. The Morgan fingerprint density at radius 1 is 1.13 bits per heavy atom. The van der Waals surface area contributed by atoms with E-state index in [0.29, 0.717) is 28.4 Å². The number of aromatic nitrogens is 3. The van der Waals surface area contributed by atoms with E-state index in [9.17, 15) is 9.59 Å². The molecule has 2 aromatic carbocycles. The van der Waals surface area contributed by atoms with Gasteiger partial charge in [-0.2, -0.15) is 0 Å². The van der Waals surface area contributed by atoms with Crippen LogP contribution in [0.5, 0.6) is 0 Å². The van der Waals surface area contributed by atoms with Gasteiger partial charge in [-0.25, -0.2) is 9.97 Å². The molecule has 0 unspecified atom stereocenters. The van der Waals surface area contributed by atoms with Crippen LogP contribution in [0, 0.1) is 6.92 Å². The number of carbonyl (C=O) groups excluding carboxylic acids is 1. The highest BCUT2D eigenvalue weighted by atomic mass is 32.2. The number of anilines is 1. The fourth-order valence-corrected chi connectivity index (χ4v) is 5.12. The Kier molecular flexibility index (Phi) is 5.05. The quantitative estimate of drug-likeness (QED) is 0.390. The first-order valence-electron chi connectivity index (χ1n) is 9.44. The number of amides is 1. The van der Waals surface area contributed by atoms with Crippen LogP contribution in [-0.2, 0) is 5.75 Å². The zero-order valence-electron chi connectivity index (χ0n) is 16.4. The lowest BCUT2D eigenvalue weighted by Gasteiger charge is -2.04. The molecule has 0 saturated heterocycles. The Balaban J connectivity index is 1.32. The molecule has 3 heterocycles. The first-order valence-corrected chi connectivity index (χ1v) is 11.2. The molecular weight excluding hydrogens is 432 g/mol. The van der Waals surface area contributed by atoms with Crippen molar-refractivity contribution in [3.8, 4) is 0 Å². The Bertz CT molecular complexity index is 1470. The van der Waals surface area contributed by atoms with Crippen molar-refractivity contribution in [1.29, 1.82) is 0 Å². The minimum Gasteiger partial charge on any atom is -0.375 e. The minimum absolute atomic E-state index is 0.152. The topological polar surface area (TPSA) is 89.5 Å². The molecular formula is C22H16N4O3S2. The van der Waals surface area contributed by atoms with Crippen LogP contribution in [-0.4, -0.2) is 20.4 Å². The van der Waals surface area contributed by atoms with E-state index in [4.69, 9.17) is 4.52 Å². The zero-order chi connectivity index (χ0) is 21.4. The number of thiazole rings is 1. The third-order valence-corrected chi connectivity index (χ3v) is 6.73. The lowest BCUT2D eigenvalue weighted by atomic mass is 10.2. The van der Waals surface area contributed by atoms with Gasteiger partial charge in [0.2, 0.25) is 0 Å². The van der Waals surface area contributed by atoms with Crippen LogP contribution in [0.3, 0.4) is 0 Å². The summed E-state index contributed by atoms with van der Waals surface area (Å²) in [5.41, 5.74) is 3.12. The fourth-order valence-electron chi connectivity index (χ4n) is 3.12. The Hall–Kier alpha value is -3.43. The lowest BCUT2D eigenvalue weighted by Crippen LogP contribution is -2.12. The van der Waals surface area contributed by atoms with Crippen LogP contribution in [0.2, 0.25) is 0 Å². The van der Waals surface area contributed by atoms with Crippen molar-refractivity contribution in [2.24, 2.45) is 0 Å². The van der Waals surface area contributed by atoms with E-state index in [1.54, 1.807) is 25.1 Å². The molecule has 0 bridgehead atoms. The van der Waals surface area contributed by atoms with Crippen molar-refractivity contribution in [1.82, 2.24) is 14.5 Å². The Morgan fingerprint density at radius 2 is 1.97 bits per heavy atom. The number of hydrogen-bond donors (Lipinski definition) is 1. The molecule has 9 heteroatoms. The van der Waals surface area contributed by atoms with Crippen LogP contribution in [0.15, 0.2) is 74.3 Å². The molecule has 7 nitrogen and oxygen atoms in total. The normalized spacial score (nSPS) is 11.3. The smallest absolute Gasteiger partial charge is 0.287 e. The van der Waals surface area contributed by atoms with Gasteiger partial charge in [-0.05, 0) is 37.3 Å². The number of benzene rings is 2. The molecule has 31 heavy (non-hydrogen) atoms. The molecule has 5 rings (SSSR count). The summed E-state index contributed by atoms with van der Waals surface area (Å²) >= 11 is 3.06. The standard InChI is InChI=1S/C22H16N4O3S2/c1-13-9-19-23-16(11-20(27)26(19)29-13)12-30-22-25-17-8-7-15(10-18(17)31-22)24-21(28)14-5-3-2-4-6-14/h2-11H,12H2,1H3,(H,24,28). The average Bonchev–Trinajstić information content (AvgIpc) is 3.35. The first kappa shape index (κ1) is 19.5. The van der Waals surface area contributed by atoms with Gasteiger partial charge in [-0.15, -0.1) is 15.9 Å². The van der Waals surface area contributed by atoms with Gasteiger partial charge >= 0.3 is 0 Å². The van der Waals surface area contributed by atoms with E-state index >= 15 is 0 Å². The van der Waals surface area contributed by atoms with E-state index in [1.807, 2.05) is 36.4 Å². The number of aryl methyl sites for hydroxylation is 1. The van der Waals surface area contributed by atoms with E-state index in [1.165, 1.54) is 33.7 Å². The van der Waals surface area contributed by atoms with Gasteiger partial charge in [-0.1, -0.05) is 30.0 Å². The van der Waals surface area contributed by atoms with Crippen molar-refractivity contribution >= 4 is 50.6 Å². The number of carbonyl (C=O) groups is 1. The highest BCUT2D eigenvalue weighted by molar-refractivity contribution is 8.00. The summed E-state index contributed by atoms with van der Waals surface area (Å²) in [6.45, 7) is 1.78. The summed E-state index contributed by atoms with van der Waals surface area (Å²) < 4.78 is 8.35. The molecule has 0 aliphatic rings. The van der Waals surface area contributed by atoms with Crippen LogP contribution in [0.1, 0.15) is 21.8 Å². The molecule has 1 amide bonds. The van der Waals surface area contributed by atoms with Gasteiger partial charge in [0.1, 0.15) is 5.76 Å². The number of thioether (sulfide) groups is 1. The van der Waals surface area contributed by atoms with Gasteiger partial charge in [0, 0.05) is 29.1 Å². The van der Waals surface area contributed by atoms with Crippen LogP contribution in [0.4, 0.5) is 5.69 Å². The van der Waals surface area contributed by atoms with Gasteiger partial charge in [0.25, 0.3) is 11.5 Å². The van der Waals surface area contributed by atoms with Crippen LogP contribution in [0.25, 0.3) is 15.9 Å². The molecule has 0 fully saturated rings. The summed E-state index contributed by atoms with van der Waals surface area (Å²) in [5, 5.41) is 2.92. The highest BCUT2D eigenvalue weighted by Gasteiger charge is 2.11. The number of hydrogen-bond acceptors (Lipinski definition) is 7. The summed E-state index contributed by atoms with van der Waals surface area (Å²) in [4.78, 5) is 33.6. The average molecular weight is 449 g/mol. The maximum atomic E-state index is 12.4. The van der Waals surface area contributed by atoms with Crippen LogP contribution < -0.4 is 10.9 Å². The second-order valence-corrected chi connectivity index (χ2v) is 9.11. The van der Waals surface area contributed by atoms with Crippen LogP contribution >= 0.6 is 23.1 Å². The number of fused-ring (bicyclic) bond motifs is 2. The predicted molar refractivity (Wildman–Crippen MR) is 122 cm³/mol. The zero-order valence-corrected chi connectivity index (χ0v) is 18.0. The molecule has 1 N–H and O–H groups in total. The van der Waals surface area contributed by atoms with Gasteiger partial charge in [0.15, 0.2) is 9.99 Å². The van der Waals surface area contributed by atoms with E-state index in [0.717, 1.165) is 20.2 Å². The third kappa shape index (κ3) is 4.10. The molecule has 0 aliphatic carbocycles. The SMILES string of the molecule is Cc1cc2nc(CSc3nc4ccc(NC(=O)c5ccccc5)cc4s3)cc(=O)n2o1. The molecule has 0 spiro atoms. The van der Waals surface area contributed by atoms with Crippen molar-refractivity contribution in [2.75, 3.05) is 5.32 Å². The van der Waals surface area contributed by atoms with E-state index in [2.05, 4.69) is 15.3 Å². The van der Waals surface area contributed by atoms with Crippen molar-refractivity contribution in [3.05, 3.63) is 88.0 Å². The van der Waals surface area contributed by atoms with Gasteiger partial charge < -0.3 is 9.84 Å². The highest BCUT2D eigenvalue weighted by Crippen LogP contribution is 2.32. The first-order chi connectivity index (χ1) is 15.0. The van der Waals surface area contributed by atoms with Crippen molar-refractivity contribution in [2.45, 2.75) is 17.0 Å². The molecule has 154 valence electrons. The Morgan fingerprint density at radius 3 is 2.81 bits per heavy atom. The number of nitrogens with zero attached hydrogens (tertiary/aromatic N) is 3. The molecule has 0 aliphatic heterocycles. The molecule has 0 atom stereocenters.